The average Bonchev–Trinajstić information content (AvgIpc) is 2.46. The van der Waals surface area contributed by atoms with Crippen LogP contribution in [-0.2, 0) is 4.79 Å². The van der Waals surface area contributed by atoms with Crippen LogP contribution in [0.25, 0.3) is 0 Å². The van der Waals surface area contributed by atoms with Crippen LogP contribution >= 0.6 is 0 Å². The molecule has 3 heteroatoms. The smallest absolute Gasteiger partial charge is 0.223 e. The minimum Gasteiger partial charge on any atom is -0.396 e. The quantitative estimate of drug-likeness (QED) is 0.813. The molecule has 0 aromatic carbocycles. The lowest BCUT2D eigenvalue weighted by Crippen LogP contribution is -2.44. The van der Waals surface area contributed by atoms with Crippen LogP contribution in [0, 0.1) is 23.7 Å². The maximum Gasteiger partial charge on any atom is 0.223 e. The highest BCUT2D eigenvalue weighted by Crippen LogP contribution is 2.42. The zero-order valence-corrected chi connectivity index (χ0v) is 13.1. The summed E-state index contributed by atoms with van der Waals surface area (Å²) in [6.07, 6.45) is 9.55. The highest BCUT2D eigenvalue weighted by atomic mass is 16.3. The summed E-state index contributed by atoms with van der Waals surface area (Å²) in [6, 6.07) is 0.122. The molecule has 0 spiro atoms. The predicted octanol–water partition coefficient (Wildman–Crippen LogP) is 3.12. The Morgan fingerprint density at radius 2 is 1.85 bits per heavy atom. The molecular weight excluding hydrogens is 250 g/mol. The van der Waals surface area contributed by atoms with Crippen LogP contribution in [0.5, 0.6) is 0 Å². The summed E-state index contributed by atoms with van der Waals surface area (Å²) >= 11 is 0. The molecule has 2 rings (SSSR count). The van der Waals surface area contributed by atoms with Crippen molar-refractivity contribution in [2.24, 2.45) is 23.7 Å². The molecule has 0 aromatic heterocycles. The molecule has 0 saturated heterocycles. The highest BCUT2D eigenvalue weighted by molar-refractivity contribution is 5.79. The molecule has 0 bridgehead atoms. The van der Waals surface area contributed by atoms with Gasteiger partial charge in [0.05, 0.1) is 0 Å². The van der Waals surface area contributed by atoms with Gasteiger partial charge in [-0.1, -0.05) is 39.5 Å². The normalized spacial score (nSPS) is 31.7. The third-order valence-electron chi connectivity index (χ3n) is 5.48. The number of aliphatic hydroxyl groups excluding tert-OH is 1. The molecule has 0 aliphatic heterocycles. The van der Waals surface area contributed by atoms with Crippen molar-refractivity contribution in [1.82, 2.24) is 5.32 Å². The largest absolute Gasteiger partial charge is 0.396 e. The van der Waals surface area contributed by atoms with Crippen LogP contribution in [0.2, 0.25) is 0 Å². The second-order valence-corrected chi connectivity index (χ2v) is 7.19. The van der Waals surface area contributed by atoms with Crippen molar-refractivity contribution in [3.63, 3.8) is 0 Å². The molecule has 20 heavy (non-hydrogen) atoms. The number of rotatable bonds is 5. The van der Waals surface area contributed by atoms with E-state index in [9.17, 15) is 4.79 Å². The van der Waals surface area contributed by atoms with Crippen molar-refractivity contribution in [2.75, 3.05) is 6.61 Å². The van der Waals surface area contributed by atoms with Crippen molar-refractivity contribution >= 4 is 5.91 Å². The molecule has 116 valence electrons. The molecule has 2 aliphatic rings. The van der Waals surface area contributed by atoms with E-state index in [4.69, 9.17) is 5.11 Å². The van der Waals surface area contributed by atoms with E-state index in [0.717, 1.165) is 24.7 Å². The van der Waals surface area contributed by atoms with Crippen molar-refractivity contribution in [2.45, 2.75) is 71.3 Å². The van der Waals surface area contributed by atoms with E-state index < -0.39 is 0 Å². The number of carbonyl (C=O) groups is 1. The van der Waals surface area contributed by atoms with Gasteiger partial charge in [-0.15, -0.1) is 0 Å². The molecule has 1 amide bonds. The Morgan fingerprint density at radius 1 is 1.15 bits per heavy atom. The Balaban J connectivity index is 1.86. The number of aliphatic hydroxyl groups is 1. The second kappa shape index (κ2) is 7.44. The standard InChI is InChI=1S/C17H31NO2/c1-12(2)16(9-10-19)18-17(20)15-8-7-13-5-3-4-6-14(13)11-15/h12-16,19H,3-11H2,1-2H3,(H,18,20). The number of fused-ring (bicyclic) bond motifs is 1. The van der Waals surface area contributed by atoms with Gasteiger partial charge in [0.25, 0.3) is 0 Å². The molecule has 0 aromatic rings. The molecule has 4 atom stereocenters. The Labute approximate surface area is 123 Å². The summed E-state index contributed by atoms with van der Waals surface area (Å²) in [6.45, 7) is 4.37. The monoisotopic (exact) mass is 281 g/mol. The van der Waals surface area contributed by atoms with E-state index in [1.165, 1.54) is 32.1 Å². The Morgan fingerprint density at radius 3 is 2.50 bits per heavy atom. The predicted molar refractivity (Wildman–Crippen MR) is 81.3 cm³/mol. The summed E-state index contributed by atoms with van der Waals surface area (Å²) in [4.78, 5) is 12.5. The maximum atomic E-state index is 12.5. The highest BCUT2D eigenvalue weighted by Gasteiger charge is 2.35. The van der Waals surface area contributed by atoms with E-state index in [2.05, 4.69) is 19.2 Å². The van der Waals surface area contributed by atoms with Gasteiger partial charge in [0.2, 0.25) is 5.91 Å². The van der Waals surface area contributed by atoms with Crippen molar-refractivity contribution in [3.8, 4) is 0 Å². The van der Waals surface area contributed by atoms with Gasteiger partial charge < -0.3 is 10.4 Å². The first-order valence-electron chi connectivity index (χ1n) is 8.53. The molecule has 2 N–H and O–H groups in total. The Kier molecular flexibility index (Phi) is 5.88. The van der Waals surface area contributed by atoms with Crippen LogP contribution in [0.15, 0.2) is 0 Å². The van der Waals surface area contributed by atoms with E-state index in [1.54, 1.807) is 0 Å². The second-order valence-electron chi connectivity index (χ2n) is 7.19. The van der Waals surface area contributed by atoms with Crippen molar-refractivity contribution in [1.29, 1.82) is 0 Å². The molecule has 0 heterocycles. The van der Waals surface area contributed by atoms with Gasteiger partial charge in [0.15, 0.2) is 0 Å². The van der Waals surface area contributed by atoms with E-state index in [1.807, 2.05) is 0 Å². The fourth-order valence-corrected chi connectivity index (χ4v) is 4.12. The number of amides is 1. The summed E-state index contributed by atoms with van der Waals surface area (Å²) in [7, 11) is 0. The molecule has 0 radical (unpaired) electrons. The van der Waals surface area contributed by atoms with Gasteiger partial charge in [-0.25, -0.2) is 0 Å². The zero-order valence-electron chi connectivity index (χ0n) is 13.1. The third kappa shape index (κ3) is 3.97. The lowest BCUT2D eigenvalue weighted by atomic mass is 9.67. The zero-order chi connectivity index (χ0) is 14.5. The molecule has 2 aliphatic carbocycles. The van der Waals surface area contributed by atoms with Gasteiger partial charge in [-0.2, -0.15) is 0 Å². The van der Waals surface area contributed by atoms with Crippen LogP contribution in [0.1, 0.15) is 65.2 Å². The number of nitrogens with one attached hydrogen (secondary N) is 1. The van der Waals surface area contributed by atoms with Gasteiger partial charge in [-0.3, -0.25) is 4.79 Å². The first kappa shape index (κ1) is 15.8. The minimum atomic E-state index is 0.122. The summed E-state index contributed by atoms with van der Waals surface area (Å²) in [5.74, 6) is 2.53. The van der Waals surface area contributed by atoms with Crippen molar-refractivity contribution < 1.29 is 9.90 Å². The fourth-order valence-electron chi connectivity index (χ4n) is 4.12. The lowest BCUT2D eigenvalue weighted by molar-refractivity contribution is -0.128. The molecule has 4 unspecified atom stereocenters. The van der Waals surface area contributed by atoms with Crippen LogP contribution in [0.4, 0.5) is 0 Å². The average molecular weight is 281 g/mol. The fraction of sp³-hybridized carbons (Fsp3) is 0.941. The summed E-state index contributed by atoms with van der Waals surface area (Å²) < 4.78 is 0. The SMILES string of the molecule is CC(C)C(CCO)NC(=O)C1CCC2CCCCC2C1. The molecule has 2 saturated carbocycles. The molecule has 3 nitrogen and oxygen atoms in total. The summed E-state index contributed by atoms with van der Waals surface area (Å²) in [5, 5.41) is 12.3. The number of hydrogen-bond donors (Lipinski definition) is 2. The van der Waals surface area contributed by atoms with E-state index in [-0.39, 0.29) is 24.5 Å². The number of carbonyl (C=O) groups excluding carboxylic acids is 1. The van der Waals surface area contributed by atoms with E-state index in [0.29, 0.717) is 12.3 Å². The maximum absolute atomic E-state index is 12.5. The van der Waals surface area contributed by atoms with Gasteiger partial charge in [-0.05, 0) is 43.4 Å². The topological polar surface area (TPSA) is 49.3 Å². The van der Waals surface area contributed by atoms with Crippen LogP contribution in [-0.4, -0.2) is 23.7 Å². The van der Waals surface area contributed by atoms with E-state index >= 15 is 0 Å². The third-order valence-corrected chi connectivity index (χ3v) is 5.48. The number of hydrogen-bond acceptors (Lipinski definition) is 2. The van der Waals surface area contributed by atoms with Gasteiger partial charge in [0.1, 0.15) is 0 Å². The van der Waals surface area contributed by atoms with Crippen molar-refractivity contribution in [3.05, 3.63) is 0 Å². The Bertz CT molecular complexity index is 316. The Hall–Kier alpha value is -0.570. The minimum absolute atomic E-state index is 0.122. The molecule has 2 fully saturated rings. The first-order chi connectivity index (χ1) is 9.61. The van der Waals surface area contributed by atoms with Crippen LogP contribution in [0.3, 0.4) is 0 Å². The lowest BCUT2D eigenvalue weighted by Gasteiger charge is -2.39. The van der Waals surface area contributed by atoms with Gasteiger partial charge >= 0.3 is 0 Å². The van der Waals surface area contributed by atoms with Crippen LogP contribution < -0.4 is 5.32 Å². The molecular formula is C17H31NO2. The first-order valence-corrected chi connectivity index (χ1v) is 8.53. The summed E-state index contributed by atoms with van der Waals surface area (Å²) in [5.41, 5.74) is 0. The van der Waals surface area contributed by atoms with Gasteiger partial charge in [0, 0.05) is 18.6 Å².